The Balaban J connectivity index is 1.92. The van der Waals surface area contributed by atoms with Crippen molar-refractivity contribution in [2.24, 2.45) is 5.73 Å². The maximum absolute atomic E-state index is 12.9. The molecule has 3 N–H and O–H groups in total. The monoisotopic (exact) mass is 207 g/mol. The largest absolute Gasteiger partial charge is 0.349 e. The fourth-order valence-corrected chi connectivity index (χ4v) is 1.47. The van der Waals surface area contributed by atoms with Crippen LogP contribution in [-0.2, 0) is 0 Å². The molecule has 15 heavy (non-hydrogen) atoms. The second-order valence-electron chi connectivity index (χ2n) is 3.74. The van der Waals surface area contributed by atoms with E-state index in [2.05, 4.69) is 15.4 Å². The first-order valence-electron chi connectivity index (χ1n) is 4.76. The lowest BCUT2D eigenvalue weighted by Crippen LogP contribution is -2.13. The lowest BCUT2D eigenvalue weighted by molar-refractivity contribution is 0.615. The molecule has 0 saturated heterocycles. The number of rotatable bonds is 2. The van der Waals surface area contributed by atoms with Crippen molar-refractivity contribution in [2.75, 3.05) is 5.32 Å². The molecule has 78 valence electrons. The van der Waals surface area contributed by atoms with Crippen molar-refractivity contribution in [3.63, 3.8) is 0 Å². The highest BCUT2D eigenvalue weighted by Crippen LogP contribution is 2.22. The normalized spacial score (nSPS) is 24.4. The van der Waals surface area contributed by atoms with Gasteiger partial charge in [0, 0.05) is 12.1 Å². The van der Waals surface area contributed by atoms with Gasteiger partial charge in [-0.05, 0) is 18.6 Å². The molecule has 1 aliphatic rings. The van der Waals surface area contributed by atoms with Crippen molar-refractivity contribution in [1.82, 2.24) is 14.6 Å². The van der Waals surface area contributed by atoms with Crippen LogP contribution in [0.25, 0.3) is 5.65 Å². The first-order valence-corrected chi connectivity index (χ1v) is 4.76. The molecule has 0 radical (unpaired) electrons. The molecule has 5 nitrogen and oxygen atoms in total. The highest BCUT2D eigenvalue weighted by atomic mass is 19.1. The Morgan fingerprint density at radius 2 is 2.33 bits per heavy atom. The topological polar surface area (TPSA) is 68.2 Å². The van der Waals surface area contributed by atoms with Crippen LogP contribution in [0.1, 0.15) is 6.42 Å². The summed E-state index contributed by atoms with van der Waals surface area (Å²) in [6.07, 6.45) is 2.23. The Kier molecular flexibility index (Phi) is 1.66. The second-order valence-corrected chi connectivity index (χ2v) is 3.74. The Hall–Kier alpha value is -1.69. The molecule has 2 atom stereocenters. The maximum atomic E-state index is 12.9. The molecule has 0 spiro atoms. The van der Waals surface area contributed by atoms with E-state index < -0.39 is 0 Å². The minimum Gasteiger partial charge on any atom is -0.349 e. The molecular weight excluding hydrogens is 197 g/mol. The Labute approximate surface area is 85.1 Å². The van der Waals surface area contributed by atoms with Gasteiger partial charge < -0.3 is 11.1 Å². The molecule has 0 bridgehead atoms. The minimum absolute atomic E-state index is 0.188. The van der Waals surface area contributed by atoms with Crippen LogP contribution in [0.3, 0.4) is 0 Å². The van der Waals surface area contributed by atoms with Crippen LogP contribution in [0.15, 0.2) is 18.3 Å². The molecule has 2 heterocycles. The minimum atomic E-state index is -0.331. The van der Waals surface area contributed by atoms with E-state index in [-0.39, 0.29) is 17.9 Å². The Morgan fingerprint density at radius 1 is 1.53 bits per heavy atom. The summed E-state index contributed by atoms with van der Waals surface area (Å²) in [5.74, 6) is 0.167. The number of hydrogen-bond donors (Lipinski definition) is 2. The van der Waals surface area contributed by atoms with E-state index in [0.29, 0.717) is 11.6 Å². The number of pyridine rings is 1. The van der Waals surface area contributed by atoms with Crippen LogP contribution in [0.4, 0.5) is 10.3 Å². The number of anilines is 1. The van der Waals surface area contributed by atoms with Gasteiger partial charge in [0.1, 0.15) is 5.82 Å². The third-order valence-electron chi connectivity index (χ3n) is 2.45. The van der Waals surface area contributed by atoms with Crippen molar-refractivity contribution in [3.05, 3.63) is 24.1 Å². The number of nitrogens with two attached hydrogens (primary N) is 1. The van der Waals surface area contributed by atoms with Gasteiger partial charge in [-0.1, -0.05) is 0 Å². The van der Waals surface area contributed by atoms with Gasteiger partial charge in [0.25, 0.3) is 0 Å². The smallest absolute Gasteiger partial charge is 0.243 e. The molecule has 0 aliphatic heterocycles. The van der Waals surface area contributed by atoms with Gasteiger partial charge in [-0.3, -0.25) is 0 Å². The van der Waals surface area contributed by atoms with Crippen molar-refractivity contribution >= 4 is 11.6 Å². The SMILES string of the molecule is NC1CC1Nc1nc2ccc(F)cn2n1. The summed E-state index contributed by atoms with van der Waals surface area (Å²) in [6.45, 7) is 0. The molecule has 3 rings (SSSR count). The molecule has 0 amide bonds. The molecule has 1 saturated carbocycles. The number of aromatic nitrogens is 3. The predicted molar refractivity (Wildman–Crippen MR) is 52.9 cm³/mol. The van der Waals surface area contributed by atoms with Crippen molar-refractivity contribution in [1.29, 1.82) is 0 Å². The third kappa shape index (κ3) is 1.52. The van der Waals surface area contributed by atoms with Gasteiger partial charge in [0.15, 0.2) is 5.65 Å². The summed E-state index contributed by atoms with van der Waals surface area (Å²) < 4.78 is 14.3. The van der Waals surface area contributed by atoms with Crippen LogP contribution in [0, 0.1) is 5.82 Å². The van der Waals surface area contributed by atoms with Gasteiger partial charge in [-0.15, -0.1) is 5.10 Å². The first-order chi connectivity index (χ1) is 7.22. The zero-order valence-corrected chi connectivity index (χ0v) is 7.89. The Morgan fingerprint density at radius 3 is 3.07 bits per heavy atom. The molecule has 2 aromatic rings. The van der Waals surface area contributed by atoms with Gasteiger partial charge in [-0.25, -0.2) is 8.91 Å². The standard InChI is InChI=1S/C9H10FN5/c10-5-1-2-8-13-9(14-15(8)4-5)12-7-3-6(7)11/h1-2,4,6-7H,3,11H2,(H,12,14). The number of halogens is 1. The maximum Gasteiger partial charge on any atom is 0.243 e. The van der Waals surface area contributed by atoms with E-state index in [1.54, 1.807) is 6.07 Å². The van der Waals surface area contributed by atoms with Crippen molar-refractivity contribution in [2.45, 2.75) is 18.5 Å². The average Bonchev–Trinajstić information content (AvgIpc) is 2.75. The molecule has 1 fully saturated rings. The average molecular weight is 207 g/mol. The van der Waals surface area contributed by atoms with Crippen molar-refractivity contribution in [3.8, 4) is 0 Å². The van der Waals surface area contributed by atoms with Crippen LogP contribution < -0.4 is 11.1 Å². The third-order valence-corrected chi connectivity index (χ3v) is 2.45. The summed E-state index contributed by atoms with van der Waals surface area (Å²) in [4.78, 5) is 4.19. The van der Waals surface area contributed by atoms with E-state index in [1.165, 1.54) is 16.8 Å². The fraction of sp³-hybridized carbons (Fsp3) is 0.333. The quantitative estimate of drug-likeness (QED) is 0.747. The first kappa shape index (κ1) is 8.60. The predicted octanol–water partition coefficient (Wildman–Crippen LogP) is 0.380. The summed E-state index contributed by atoms with van der Waals surface area (Å²) in [7, 11) is 0. The molecule has 2 unspecified atom stereocenters. The summed E-state index contributed by atoms with van der Waals surface area (Å²) in [6, 6.07) is 3.39. The van der Waals surface area contributed by atoms with E-state index >= 15 is 0 Å². The molecule has 1 aliphatic carbocycles. The highest BCUT2D eigenvalue weighted by molar-refractivity contribution is 5.44. The van der Waals surface area contributed by atoms with Gasteiger partial charge in [0.05, 0.1) is 6.20 Å². The fourth-order valence-electron chi connectivity index (χ4n) is 1.47. The molecule has 0 aromatic carbocycles. The second kappa shape index (κ2) is 2.90. The lowest BCUT2D eigenvalue weighted by atomic mass is 10.5. The molecule has 6 heteroatoms. The van der Waals surface area contributed by atoms with Gasteiger partial charge in [0.2, 0.25) is 5.95 Å². The van der Waals surface area contributed by atoms with Crippen molar-refractivity contribution < 1.29 is 4.39 Å². The molecular formula is C9H10FN5. The van der Waals surface area contributed by atoms with Gasteiger partial charge in [-0.2, -0.15) is 4.98 Å². The summed E-state index contributed by atoms with van der Waals surface area (Å²) in [5, 5.41) is 7.17. The lowest BCUT2D eigenvalue weighted by Gasteiger charge is -1.95. The van der Waals surface area contributed by atoms with E-state index in [0.717, 1.165) is 6.42 Å². The zero-order valence-electron chi connectivity index (χ0n) is 7.89. The summed E-state index contributed by atoms with van der Waals surface area (Å²) in [5.41, 5.74) is 6.27. The Bertz CT molecular complexity index is 508. The number of nitrogens with zero attached hydrogens (tertiary/aromatic N) is 3. The van der Waals surface area contributed by atoms with E-state index in [4.69, 9.17) is 5.73 Å². The van der Waals surface area contributed by atoms with E-state index in [1.807, 2.05) is 0 Å². The molecule has 2 aromatic heterocycles. The number of nitrogens with one attached hydrogen (secondary N) is 1. The van der Waals surface area contributed by atoms with Crippen LogP contribution >= 0.6 is 0 Å². The van der Waals surface area contributed by atoms with Gasteiger partial charge >= 0.3 is 0 Å². The summed E-state index contributed by atoms with van der Waals surface area (Å²) >= 11 is 0. The number of hydrogen-bond acceptors (Lipinski definition) is 4. The number of fused-ring (bicyclic) bond motifs is 1. The van der Waals surface area contributed by atoms with Crippen LogP contribution in [0.2, 0.25) is 0 Å². The van der Waals surface area contributed by atoms with E-state index in [9.17, 15) is 4.39 Å². The highest BCUT2D eigenvalue weighted by Gasteiger charge is 2.34. The zero-order chi connectivity index (χ0) is 10.4. The van der Waals surface area contributed by atoms with Crippen LogP contribution in [-0.4, -0.2) is 26.7 Å². The van der Waals surface area contributed by atoms with Crippen LogP contribution in [0.5, 0.6) is 0 Å².